The number of hydrogen-bond acceptors (Lipinski definition) is 4. The molecule has 0 saturated carbocycles. The average Bonchev–Trinajstić information content (AvgIpc) is 2.76. The molecule has 0 aliphatic carbocycles. The summed E-state index contributed by atoms with van der Waals surface area (Å²) >= 11 is 0. The Kier molecular flexibility index (Phi) is 7.34. The standard InChI is InChI=1S/C23H27N3O2/c1-2-18-28-22-11-7-6-8-20(22)19-24-13-12-23(27)26-16-14-25(15-17-26)21-9-4-3-5-10-21/h1,3-11,24H,12-19H2. The lowest BCUT2D eigenvalue weighted by Gasteiger charge is -2.36. The van der Waals surface area contributed by atoms with Crippen LogP contribution in [0.1, 0.15) is 12.0 Å². The van der Waals surface area contributed by atoms with Crippen LogP contribution in [0.5, 0.6) is 5.75 Å². The Morgan fingerprint density at radius 3 is 2.50 bits per heavy atom. The fourth-order valence-corrected chi connectivity index (χ4v) is 3.34. The maximum Gasteiger partial charge on any atom is 0.223 e. The second-order valence-corrected chi connectivity index (χ2v) is 6.73. The van der Waals surface area contributed by atoms with Crippen molar-refractivity contribution in [2.45, 2.75) is 13.0 Å². The second-order valence-electron chi connectivity index (χ2n) is 6.73. The SMILES string of the molecule is C#CCOc1ccccc1CNCCC(=O)N1CCN(c2ccccc2)CC1. The number of piperazine rings is 1. The zero-order valence-electron chi connectivity index (χ0n) is 16.1. The summed E-state index contributed by atoms with van der Waals surface area (Å²) in [6, 6.07) is 18.2. The van der Waals surface area contributed by atoms with E-state index in [9.17, 15) is 4.79 Å². The second kappa shape index (κ2) is 10.4. The van der Waals surface area contributed by atoms with Gasteiger partial charge in [0.1, 0.15) is 12.4 Å². The summed E-state index contributed by atoms with van der Waals surface area (Å²) in [6.07, 6.45) is 5.76. The molecule has 2 aromatic carbocycles. The predicted molar refractivity (Wildman–Crippen MR) is 112 cm³/mol. The summed E-state index contributed by atoms with van der Waals surface area (Å²) in [5.74, 6) is 3.47. The minimum Gasteiger partial charge on any atom is -0.481 e. The highest BCUT2D eigenvalue weighted by molar-refractivity contribution is 5.76. The van der Waals surface area contributed by atoms with Gasteiger partial charge in [0.25, 0.3) is 0 Å². The molecule has 1 fully saturated rings. The van der Waals surface area contributed by atoms with Crippen LogP contribution in [0.2, 0.25) is 0 Å². The van der Waals surface area contributed by atoms with Crippen molar-refractivity contribution in [3.8, 4) is 18.1 Å². The lowest BCUT2D eigenvalue weighted by Crippen LogP contribution is -2.49. The molecule has 5 heteroatoms. The molecule has 1 aliphatic rings. The highest BCUT2D eigenvalue weighted by Gasteiger charge is 2.20. The molecule has 0 bridgehead atoms. The van der Waals surface area contributed by atoms with Crippen LogP contribution in [0.4, 0.5) is 5.69 Å². The Morgan fingerprint density at radius 1 is 1.04 bits per heavy atom. The molecule has 28 heavy (non-hydrogen) atoms. The van der Waals surface area contributed by atoms with Gasteiger partial charge >= 0.3 is 0 Å². The first-order chi connectivity index (χ1) is 13.8. The van der Waals surface area contributed by atoms with Gasteiger partial charge in [0, 0.05) is 56.9 Å². The summed E-state index contributed by atoms with van der Waals surface area (Å²) in [6.45, 7) is 4.85. The third kappa shape index (κ3) is 5.51. The van der Waals surface area contributed by atoms with E-state index in [1.165, 1.54) is 5.69 Å². The molecule has 0 spiro atoms. The number of nitrogens with one attached hydrogen (secondary N) is 1. The molecular formula is C23H27N3O2. The normalized spacial score (nSPS) is 13.8. The first kappa shape index (κ1) is 19.8. The van der Waals surface area contributed by atoms with Crippen molar-refractivity contribution < 1.29 is 9.53 Å². The summed E-state index contributed by atoms with van der Waals surface area (Å²) in [5.41, 5.74) is 2.27. The molecule has 0 unspecified atom stereocenters. The zero-order chi connectivity index (χ0) is 19.6. The lowest BCUT2D eigenvalue weighted by molar-refractivity contribution is -0.131. The molecule has 5 nitrogen and oxygen atoms in total. The van der Waals surface area contributed by atoms with Gasteiger partial charge < -0.3 is 19.9 Å². The number of amides is 1. The van der Waals surface area contributed by atoms with Gasteiger partial charge in [-0.15, -0.1) is 6.42 Å². The Morgan fingerprint density at radius 2 is 1.75 bits per heavy atom. The third-order valence-corrected chi connectivity index (χ3v) is 4.87. The van der Waals surface area contributed by atoms with Gasteiger partial charge in [-0.3, -0.25) is 4.79 Å². The smallest absolute Gasteiger partial charge is 0.223 e. The maximum absolute atomic E-state index is 12.5. The van der Waals surface area contributed by atoms with Gasteiger partial charge in [-0.1, -0.05) is 42.3 Å². The first-order valence-electron chi connectivity index (χ1n) is 9.70. The van der Waals surface area contributed by atoms with Crippen LogP contribution in [0.25, 0.3) is 0 Å². The molecule has 1 saturated heterocycles. The van der Waals surface area contributed by atoms with Gasteiger partial charge in [0.05, 0.1) is 0 Å². The van der Waals surface area contributed by atoms with Crippen molar-refractivity contribution in [2.75, 3.05) is 44.2 Å². The quantitative estimate of drug-likeness (QED) is 0.567. The Bertz CT molecular complexity index is 793. The summed E-state index contributed by atoms with van der Waals surface area (Å²) < 4.78 is 5.55. The van der Waals surface area contributed by atoms with Crippen molar-refractivity contribution in [1.82, 2.24) is 10.2 Å². The summed E-state index contributed by atoms with van der Waals surface area (Å²) in [7, 11) is 0. The van der Waals surface area contributed by atoms with Crippen LogP contribution in [0.15, 0.2) is 54.6 Å². The molecule has 146 valence electrons. The number of hydrogen-bond donors (Lipinski definition) is 1. The number of carbonyl (C=O) groups excluding carboxylic acids is 1. The first-order valence-corrected chi connectivity index (χ1v) is 9.70. The van der Waals surface area contributed by atoms with E-state index in [-0.39, 0.29) is 12.5 Å². The van der Waals surface area contributed by atoms with E-state index in [1.807, 2.05) is 47.4 Å². The summed E-state index contributed by atoms with van der Waals surface area (Å²) in [4.78, 5) is 16.8. The molecule has 2 aromatic rings. The van der Waals surface area contributed by atoms with E-state index < -0.39 is 0 Å². The molecule has 1 heterocycles. The van der Waals surface area contributed by atoms with Crippen molar-refractivity contribution >= 4 is 11.6 Å². The predicted octanol–water partition coefficient (Wildman–Crippen LogP) is 2.53. The fourth-order valence-electron chi connectivity index (χ4n) is 3.34. The van der Waals surface area contributed by atoms with E-state index in [2.05, 4.69) is 28.3 Å². The number of carbonyl (C=O) groups is 1. The highest BCUT2D eigenvalue weighted by Crippen LogP contribution is 2.18. The van der Waals surface area contributed by atoms with Crippen LogP contribution >= 0.6 is 0 Å². The minimum absolute atomic E-state index is 0.206. The van der Waals surface area contributed by atoms with Crippen LogP contribution in [0, 0.1) is 12.3 Å². The fraction of sp³-hybridized carbons (Fsp3) is 0.348. The lowest BCUT2D eigenvalue weighted by atomic mass is 10.2. The van der Waals surface area contributed by atoms with Crippen LogP contribution < -0.4 is 15.0 Å². The van der Waals surface area contributed by atoms with Gasteiger partial charge in [-0.2, -0.15) is 0 Å². The van der Waals surface area contributed by atoms with Crippen molar-refractivity contribution in [3.05, 3.63) is 60.2 Å². The number of rotatable bonds is 8. The van der Waals surface area contributed by atoms with Crippen molar-refractivity contribution in [1.29, 1.82) is 0 Å². The van der Waals surface area contributed by atoms with Crippen LogP contribution in [-0.4, -0.2) is 50.1 Å². The number of anilines is 1. The van der Waals surface area contributed by atoms with Crippen LogP contribution in [-0.2, 0) is 11.3 Å². The average molecular weight is 377 g/mol. The van der Waals surface area contributed by atoms with E-state index in [1.54, 1.807) is 0 Å². The van der Waals surface area contributed by atoms with E-state index >= 15 is 0 Å². The van der Waals surface area contributed by atoms with E-state index in [0.717, 1.165) is 37.5 Å². The molecule has 0 radical (unpaired) electrons. The van der Waals surface area contributed by atoms with Gasteiger partial charge in [-0.05, 0) is 18.2 Å². The number of benzene rings is 2. The van der Waals surface area contributed by atoms with Crippen molar-refractivity contribution in [3.63, 3.8) is 0 Å². The molecule has 3 rings (SSSR count). The monoisotopic (exact) mass is 377 g/mol. The molecule has 0 aromatic heterocycles. The largest absolute Gasteiger partial charge is 0.481 e. The van der Waals surface area contributed by atoms with Gasteiger partial charge in [-0.25, -0.2) is 0 Å². The number of para-hydroxylation sites is 2. The summed E-state index contributed by atoms with van der Waals surface area (Å²) in [5, 5.41) is 3.33. The maximum atomic E-state index is 12.5. The molecule has 1 N–H and O–H groups in total. The van der Waals surface area contributed by atoms with Gasteiger partial charge in [0.15, 0.2) is 0 Å². The van der Waals surface area contributed by atoms with Crippen molar-refractivity contribution in [2.24, 2.45) is 0 Å². The number of terminal acetylenes is 1. The number of ether oxygens (including phenoxy) is 1. The van der Waals surface area contributed by atoms with E-state index in [0.29, 0.717) is 19.5 Å². The molecule has 1 aliphatic heterocycles. The Labute approximate surface area is 167 Å². The Hall–Kier alpha value is -2.97. The zero-order valence-corrected chi connectivity index (χ0v) is 16.1. The third-order valence-electron chi connectivity index (χ3n) is 4.87. The number of nitrogens with zero attached hydrogens (tertiary/aromatic N) is 2. The molecule has 1 amide bonds. The minimum atomic E-state index is 0.206. The Balaban J connectivity index is 1.38. The van der Waals surface area contributed by atoms with E-state index in [4.69, 9.17) is 11.2 Å². The topological polar surface area (TPSA) is 44.8 Å². The van der Waals surface area contributed by atoms with Gasteiger partial charge in [0.2, 0.25) is 5.91 Å². The molecule has 0 atom stereocenters. The molecular weight excluding hydrogens is 350 g/mol. The van der Waals surface area contributed by atoms with Crippen LogP contribution in [0.3, 0.4) is 0 Å². The highest BCUT2D eigenvalue weighted by atomic mass is 16.5.